The molecule has 1 saturated heterocycles. The smallest absolute Gasteiger partial charge is 0.101 e. The van der Waals surface area contributed by atoms with E-state index in [-0.39, 0.29) is 18.2 Å². The van der Waals surface area contributed by atoms with Crippen LogP contribution >= 0.6 is 0 Å². The fraction of sp³-hybridized carbons (Fsp3) is 0.533. The lowest BCUT2D eigenvalue weighted by atomic mass is 9.95. The van der Waals surface area contributed by atoms with Crippen LogP contribution < -0.4 is 10.2 Å². The van der Waals surface area contributed by atoms with Gasteiger partial charge in [0.05, 0.1) is 23.9 Å². The Labute approximate surface area is 114 Å². The predicted molar refractivity (Wildman–Crippen MR) is 76.1 cm³/mol. The summed E-state index contributed by atoms with van der Waals surface area (Å²) in [5.74, 6) is 0. The number of hydrogen-bond acceptors (Lipinski definition) is 4. The largest absolute Gasteiger partial charge is 0.394 e. The first-order valence-electron chi connectivity index (χ1n) is 6.70. The monoisotopic (exact) mass is 259 g/mol. The van der Waals surface area contributed by atoms with Crippen molar-refractivity contribution < 1.29 is 5.11 Å². The molecule has 1 aliphatic heterocycles. The maximum absolute atomic E-state index is 9.68. The summed E-state index contributed by atoms with van der Waals surface area (Å²) < 4.78 is 0. The van der Waals surface area contributed by atoms with Gasteiger partial charge < -0.3 is 15.3 Å². The molecule has 1 fully saturated rings. The van der Waals surface area contributed by atoms with Crippen LogP contribution in [-0.2, 0) is 0 Å². The fourth-order valence-corrected chi connectivity index (χ4v) is 2.82. The Morgan fingerprint density at radius 3 is 2.89 bits per heavy atom. The van der Waals surface area contributed by atoms with E-state index >= 15 is 0 Å². The minimum atomic E-state index is -0.0934. The van der Waals surface area contributed by atoms with Crippen LogP contribution in [0.1, 0.15) is 25.8 Å². The molecule has 1 heterocycles. The molecule has 4 heteroatoms. The minimum absolute atomic E-state index is 0.00741. The van der Waals surface area contributed by atoms with Crippen LogP contribution in [0.2, 0.25) is 0 Å². The van der Waals surface area contributed by atoms with E-state index in [1.54, 1.807) is 0 Å². The molecule has 0 aliphatic carbocycles. The highest BCUT2D eigenvalue weighted by atomic mass is 16.3. The summed E-state index contributed by atoms with van der Waals surface area (Å²) in [4.78, 5) is 2.20. The van der Waals surface area contributed by atoms with Crippen molar-refractivity contribution in [3.8, 4) is 6.07 Å². The van der Waals surface area contributed by atoms with Gasteiger partial charge in [-0.05, 0) is 38.9 Å². The molecule has 1 atom stereocenters. The number of aliphatic hydroxyl groups excluding tert-OH is 1. The third-order valence-electron chi connectivity index (χ3n) is 3.81. The van der Waals surface area contributed by atoms with Crippen LogP contribution in [0.3, 0.4) is 0 Å². The molecule has 19 heavy (non-hydrogen) atoms. The highest BCUT2D eigenvalue weighted by Gasteiger charge is 2.35. The highest BCUT2D eigenvalue weighted by molar-refractivity contribution is 5.61. The number of benzene rings is 1. The first-order valence-corrected chi connectivity index (χ1v) is 6.70. The van der Waals surface area contributed by atoms with Gasteiger partial charge in [0.15, 0.2) is 0 Å². The highest BCUT2D eigenvalue weighted by Crippen LogP contribution is 2.32. The SMILES string of the molecule is CC1(C)CCNCC(CO)N1c1ccccc1C#N. The minimum Gasteiger partial charge on any atom is -0.394 e. The van der Waals surface area contributed by atoms with Crippen molar-refractivity contribution in [1.82, 2.24) is 5.32 Å². The molecule has 102 valence electrons. The Hall–Kier alpha value is -1.57. The quantitative estimate of drug-likeness (QED) is 0.845. The van der Waals surface area contributed by atoms with Crippen molar-refractivity contribution >= 4 is 5.69 Å². The average Bonchev–Trinajstić information content (AvgIpc) is 2.56. The molecular formula is C15H21N3O. The van der Waals surface area contributed by atoms with Crippen LogP contribution in [0.25, 0.3) is 0 Å². The third-order valence-corrected chi connectivity index (χ3v) is 3.81. The molecule has 0 bridgehead atoms. The van der Waals surface area contributed by atoms with E-state index in [4.69, 9.17) is 0 Å². The van der Waals surface area contributed by atoms with E-state index in [2.05, 4.69) is 30.1 Å². The van der Waals surface area contributed by atoms with E-state index in [1.807, 2.05) is 24.3 Å². The Morgan fingerprint density at radius 1 is 1.47 bits per heavy atom. The van der Waals surface area contributed by atoms with Crippen molar-refractivity contribution in [1.29, 1.82) is 5.26 Å². The van der Waals surface area contributed by atoms with Gasteiger partial charge in [0, 0.05) is 12.1 Å². The number of aliphatic hydroxyl groups is 1. The summed E-state index contributed by atoms with van der Waals surface area (Å²) in [5.41, 5.74) is 1.48. The number of para-hydroxylation sites is 1. The van der Waals surface area contributed by atoms with Crippen molar-refractivity contribution in [3.63, 3.8) is 0 Å². The summed E-state index contributed by atoms with van der Waals surface area (Å²) in [7, 11) is 0. The zero-order chi connectivity index (χ0) is 13.9. The molecular weight excluding hydrogens is 238 g/mol. The van der Waals surface area contributed by atoms with Gasteiger partial charge in [0.2, 0.25) is 0 Å². The van der Waals surface area contributed by atoms with Gasteiger partial charge in [-0.25, -0.2) is 0 Å². The molecule has 0 radical (unpaired) electrons. The van der Waals surface area contributed by atoms with Crippen LogP contribution in [-0.4, -0.2) is 36.4 Å². The van der Waals surface area contributed by atoms with Gasteiger partial charge in [-0.3, -0.25) is 0 Å². The number of nitrogens with one attached hydrogen (secondary N) is 1. The summed E-state index contributed by atoms with van der Waals surface area (Å²) in [6.45, 7) is 6.07. The van der Waals surface area contributed by atoms with E-state index in [1.165, 1.54) is 0 Å². The molecule has 1 aromatic carbocycles. The first kappa shape index (κ1) is 13.9. The van der Waals surface area contributed by atoms with E-state index < -0.39 is 0 Å². The lowest BCUT2D eigenvalue weighted by Gasteiger charge is -2.43. The number of rotatable bonds is 2. The topological polar surface area (TPSA) is 59.3 Å². The van der Waals surface area contributed by atoms with Crippen LogP contribution in [0.4, 0.5) is 5.69 Å². The van der Waals surface area contributed by atoms with Crippen LogP contribution in [0.5, 0.6) is 0 Å². The van der Waals surface area contributed by atoms with E-state index in [0.29, 0.717) is 5.56 Å². The van der Waals surface area contributed by atoms with Gasteiger partial charge in [-0.15, -0.1) is 0 Å². The first-order chi connectivity index (χ1) is 9.10. The zero-order valence-corrected chi connectivity index (χ0v) is 11.6. The molecule has 1 aromatic rings. The van der Waals surface area contributed by atoms with Crippen molar-refractivity contribution in [2.24, 2.45) is 0 Å². The lowest BCUT2D eigenvalue weighted by molar-refractivity contribution is 0.245. The normalized spacial score (nSPS) is 22.6. The van der Waals surface area contributed by atoms with E-state index in [0.717, 1.165) is 25.2 Å². The third kappa shape index (κ3) is 2.73. The average molecular weight is 259 g/mol. The van der Waals surface area contributed by atoms with Gasteiger partial charge in [0.25, 0.3) is 0 Å². The maximum Gasteiger partial charge on any atom is 0.101 e. The summed E-state index contributed by atoms with van der Waals surface area (Å²) in [6, 6.07) is 9.86. The van der Waals surface area contributed by atoms with Crippen molar-refractivity contribution in [2.45, 2.75) is 31.8 Å². The van der Waals surface area contributed by atoms with Gasteiger partial charge in [-0.1, -0.05) is 12.1 Å². The maximum atomic E-state index is 9.68. The van der Waals surface area contributed by atoms with Crippen LogP contribution in [0.15, 0.2) is 24.3 Å². The number of anilines is 1. The number of hydrogen-bond donors (Lipinski definition) is 2. The second-order valence-electron chi connectivity index (χ2n) is 5.60. The molecule has 0 spiro atoms. The Bertz CT molecular complexity index is 479. The molecule has 1 aliphatic rings. The second kappa shape index (κ2) is 5.60. The molecule has 1 unspecified atom stereocenters. The van der Waals surface area contributed by atoms with Crippen molar-refractivity contribution in [3.05, 3.63) is 29.8 Å². The lowest BCUT2D eigenvalue weighted by Crippen LogP contribution is -2.52. The second-order valence-corrected chi connectivity index (χ2v) is 5.60. The van der Waals surface area contributed by atoms with Gasteiger partial charge >= 0.3 is 0 Å². The summed E-state index contributed by atoms with van der Waals surface area (Å²) >= 11 is 0. The molecule has 2 N–H and O–H groups in total. The Balaban J connectivity index is 2.49. The standard InChI is InChI=1S/C15H21N3O/c1-15(2)7-8-17-10-13(11-19)18(15)14-6-4-3-5-12(14)9-16/h3-6,13,17,19H,7-8,10-11H2,1-2H3. The van der Waals surface area contributed by atoms with Crippen molar-refractivity contribution in [2.75, 3.05) is 24.6 Å². The molecule has 4 nitrogen and oxygen atoms in total. The van der Waals surface area contributed by atoms with Crippen LogP contribution in [0, 0.1) is 11.3 Å². The summed E-state index contributed by atoms with van der Waals surface area (Å²) in [6.07, 6.45) is 0.975. The van der Waals surface area contributed by atoms with Gasteiger partial charge in [-0.2, -0.15) is 5.26 Å². The molecule has 2 rings (SSSR count). The fourth-order valence-electron chi connectivity index (χ4n) is 2.82. The molecule has 0 saturated carbocycles. The van der Waals surface area contributed by atoms with Gasteiger partial charge in [0.1, 0.15) is 6.07 Å². The summed E-state index contributed by atoms with van der Waals surface area (Å²) in [5, 5.41) is 22.3. The molecule has 0 amide bonds. The zero-order valence-electron chi connectivity index (χ0n) is 11.6. The number of nitrogens with zero attached hydrogens (tertiary/aromatic N) is 2. The predicted octanol–water partition coefficient (Wildman–Crippen LogP) is 1.50. The Kier molecular flexibility index (Phi) is 4.08. The van der Waals surface area contributed by atoms with E-state index in [9.17, 15) is 10.4 Å². The number of nitriles is 1. The Morgan fingerprint density at radius 2 is 2.21 bits per heavy atom. The molecule has 0 aromatic heterocycles.